The number of alkyl halides is 4. The molecule has 1 amide bonds. The highest BCUT2D eigenvalue weighted by molar-refractivity contribution is 7.91. The summed E-state index contributed by atoms with van der Waals surface area (Å²) in [6.07, 6.45) is -3.99. The third kappa shape index (κ3) is 4.44. The standard InChI is InChI=1S/C17H16F4N2O3S/c1-3-27(25,26)14-8-11(9-18)4-6-13(14)16(24)23(2)15-7-5-12(10-22-15)17(19,20)21/h4-8,10H,3,9H2,1-2H3. The molecule has 0 fully saturated rings. The van der Waals surface area contributed by atoms with Crippen LogP contribution in [0.5, 0.6) is 0 Å². The zero-order valence-corrected chi connectivity index (χ0v) is 15.2. The van der Waals surface area contributed by atoms with E-state index >= 15 is 0 Å². The van der Waals surface area contributed by atoms with Gasteiger partial charge >= 0.3 is 6.18 Å². The Labute approximate surface area is 153 Å². The van der Waals surface area contributed by atoms with E-state index in [0.717, 1.165) is 23.1 Å². The van der Waals surface area contributed by atoms with Gasteiger partial charge in [0, 0.05) is 13.2 Å². The Bertz CT molecular complexity index is 942. The fourth-order valence-corrected chi connectivity index (χ4v) is 3.41. The number of aromatic nitrogens is 1. The Balaban J connectivity index is 2.45. The first-order chi connectivity index (χ1) is 12.5. The quantitative estimate of drug-likeness (QED) is 0.714. The maximum Gasteiger partial charge on any atom is 0.417 e. The molecule has 0 bridgehead atoms. The molecule has 0 aliphatic rings. The molecule has 10 heteroatoms. The fourth-order valence-electron chi connectivity index (χ4n) is 2.28. The molecule has 0 radical (unpaired) electrons. The van der Waals surface area contributed by atoms with Gasteiger partial charge in [-0.05, 0) is 29.8 Å². The highest BCUT2D eigenvalue weighted by Crippen LogP contribution is 2.29. The number of benzene rings is 1. The highest BCUT2D eigenvalue weighted by atomic mass is 32.2. The van der Waals surface area contributed by atoms with Crippen LogP contribution in [0.1, 0.15) is 28.4 Å². The number of pyridine rings is 1. The van der Waals surface area contributed by atoms with Crippen molar-refractivity contribution in [1.29, 1.82) is 0 Å². The molecule has 0 spiro atoms. The van der Waals surface area contributed by atoms with Crippen LogP contribution in [-0.4, -0.2) is 32.1 Å². The molecule has 0 aliphatic carbocycles. The first-order valence-corrected chi connectivity index (χ1v) is 9.39. The van der Waals surface area contributed by atoms with Crippen LogP contribution < -0.4 is 4.90 Å². The van der Waals surface area contributed by atoms with E-state index in [9.17, 15) is 30.8 Å². The first-order valence-electron chi connectivity index (χ1n) is 7.74. The Morgan fingerprint density at radius 3 is 2.33 bits per heavy atom. The molecule has 1 aromatic carbocycles. The number of halogens is 4. The minimum Gasteiger partial charge on any atom is -0.296 e. The van der Waals surface area contributed by atoms with Crippen LogP contribution >= 0.6 is 0 Å². The molecule has 0 N–H and O–H groups in total. The van der Waals surface area contributed by atoms with Crippen LogP contribution in [-0.2, 0) is 22.7 Å². The summed E-state index contributed by atoms with van der Waals surface area (Å²) in [5, 5.41) is 0. The van der Waals surface area contributed by atoms with Gasteiger partial charge in [-0.15, -0.1) is 0 Å². The Kier molecular flexibility index (Phi) is 5.88. The van der Waals surface area contributed by atoms with E-state index in [1.165, 1.54) is 26.1 Å². The average Bonchev–Trinajstić information content (AvgIpc) is 2.65. The second-order valence-corrected chi connectivity index (χ2v) is 7.88. The van der Waals surface area contributed by atoms with Crippen molar-refractivity contribution in [3.05, 3.63) is 53.2 Å². The second kappa shape index (κ2) is 7.63. The zero-order valence-electron chi connectivity index (χ0n) is 14.4. The number of hydrogen-bond donors (Lipinski definition) is 0. The van der Waals surface area contributed by atoms with E-state index in [0.29, 0.717) is 6.20 Å². The van der Waals surface area contributed by atoms with Gasteiger partial charge in [-0.3, -0.25) is 9.69 Å². The van der Waals surface area contributed by atoms with Gasteiger partial charge in [0.05, 0.1) is 21.8 Å². The molecule has 0 aliphatic heterocycles. The summed E-state index contributed by atoms with van der Waals surface area (Å²) in [6, 6.07) is 5.31. The molecule has 0 unspecified atom stereocenters. The normalized spacial score (nSPS) is 12.1. The summed E-state index contributed by atoms with van der Waals surface area (Å²) >= 11 is 0. The minimum atomic E-state index is -4.57. The number of nitrogens with zero attached hydrogens (tertiary/aromatic N) is 2. The van der Waals surface area contributed by atoms with Crippen LogP contribution in [0.25, 0.3) is 0 Å². The van der Waals surface area contributed by atoms with E-state index in [2.05, 4.69) is 4.98 Å². The third-order valence-corrected chi connectivity index (χ3v) is 5.64. The Morgan fingerprint density at radius 1 is 1.19 bits per heavy atom. The summed E-state index contributed by atoms with van der Waals surface area (Å²) in [5.41, 5.74) is -1.10. The van der Waals surface area contributed by atoms with Crippen molar-refractivity contribution in [3.63, 3.8) is 0 Å². The molecule has 2 aromatic rings. The van der Waals surface area contributed by atoms with Gasteiger partial charge in [0.15, 0.2) is 9.84 Å². The van der Waals surface area contributed by atoms with Crippen LogP contribution in [0.2, 0.25) is 0 Å². The summed E-state index contributed by atoms with van der Waals surface area (Å²) in [7, 11) is -2.58. The van der Waals surface area contributed by atoms with Crippen LogP contribution in [0, 0.1) is 0 Å². The largest absolute Gasteiger partial charge is 0.417 e. The second-order valence-electron chi connectivity index (χ2n) is 5.63. The summed E-state index contributed by atoms with van der Waals surface area (Å²) in [6.45, 7) is 0.476. The van der Waals surface area contributed by atoms with Gasteiger partial charge < -0.3 is 0 Å². The van der Waals surface area contributed by atoms with Gasteiger partial charge in [0.2, 0.25) is 0 Å². The molecule has 5 nitrogen and oxygen atoms in total. The summed E-state index contributed by atoms with van der Waals surface area (Å²) < 4.78 is 75.3. The predicted molar refractivity (Wildman–Crippen MR) is 91.0 cm³/mol. The summed E-state index contributed by atoms with van der Waals surface area (Å²) in [5.74, 6) is -1.19. The van der Waals surface area contributed by atoms with Gasteiger partial charge in [0.1, 0.15) is 12.5 Å². The van der Waals surface area contributed by atoms with Crippen LogP contribution in [0.3, 0.4) is 0 Å². The van der Waals surface area contributed by atoms with Crippen molar-refractivity contribution in [1.82, 2.24) is 4.98 Å². The molecule has 2 rings (SSSR count). The number of sulfone groups is 1. The lowest BCUT2D eigenvalue weighted by molar-refractivity contribution is -0.137. The maximum atomic E-state index is 12.9. The SMILES string of the molecule is CCS(=O)(=O)c1cc(CF)ccc1C(=O)N(C)c1ccc(C(F)(F)F)cn1. The van der Waals surface area contributed by atoms with Gasteiger partial charge in [-0.2, -0.15) is 13.2 Å². The fraction of sp³-hybridized carbons (Fsp3) is 0.294. The molecule has 0 atom stereocenters. The number of carbonyl (C=O) groups is 1. The number of rotatable bonds is 5. The first kappa shape index (κ1) is 20.8. The van der Waals surface area contributed by atoms with Crippen molar-refractivity contribution < 1.29 is 30.8 Å². The molecule has 1 heterocycles. The van der Waals surface area contributed by atoms with E-state index in [-0.39, 0.29) is 27.6 Å². The number of anilines is 1. The van der Waals surface area contributed by atoms with Crippen molar-refractivity contribution >= 4 is 21.6 Å². The summed E-state index contributed by atoms with van der Waals surface area (Å²) in [4.78, 5) is 16.9. The average molecular weight is 404 g/mol. The monoisotopic (exact) mass is 404 g/mol. The minimum absolute atomic E-state index is 0.0916. The Morgan fingerprint density at radius 2 is 1.85 bits per heavy atom. The third-order valence-electron chi connectivity index (χ3n) is 3.87. The van der Waals surface area contributed by atoms with E-state index < -0.39 is 34.2 Å². The lowest BCUT2D eigenvalue weighted by atomic mass is 10.1. The molecule has 146 valence electrons. The van der Waals surface area contributed by atoms with E-state index in [1.807, 2.05) is 0 Å². The topological polar surface area (TPSA) is 67.3 Å². The van der Waals surface area contributed by atoms with Gasteiger partial charge in [-0.1, -0.05) is 13.0 Å². The van der Waals surface area contributed by atoms with Crippen LogP contribution in [0.15, 0.2) is 41.4 Å². The maximum absolute atomic E-state index is 12.9. The van der Waals surface area contributed by atoms with Crippen molar-refractivity contribution in [2.45, 2.75) is 24.7 Å². The number of amides is 1. The van der Waals surface area contributed by atoms with Gasteiger partial charge in [0.25, 0.3) is 5.91 Å². The molecule has 1 aromatic heterocycles. The van der Waals surface area contributed by atoms with Crippen LogP contribution in [0.4, 0.5) is 23.4 Å². The van der Waals surface area contributed by atoms with Crippen molar-refractivity contribution in [2.24, 2.45) is 0 Å². The highest BCUT2D eigenvalue weighted by Gasteiger charge is 2.31. The Hall–Kier alpha value is -2.49. The van der Waals surface area contributed by atoms with E-state index in [4.69, 9.17) is 0 Å². The zero-order chi connectivity index (χ0) is 20.4. The van der Waals surface area contributed by atoms with Gasteiger partial charge in [-0.25, -0.2) is 17.8 Å². The number of hydrogen-bond acceptors (Lipinski definition) is 4. The molecule has 27 heavy (non-hydrogen) atoms. The molecule has 0 saturated carbocycles. The van der Waals surface area contributed by atoms with E-state index in [1.54, 1.807) is 0 Å². The predicted octanol–water partition coefficient (Wildman–Crippen LogP) is 3.64. The molecular weight excluding hydrogens is 388 g/mol. The smallest absolute Gasteiger partial charge is 0.296 e. The number of carbonyl (C=O) groups excluding carboxylic acids is 1. The molecule has 0 saturated heterocycles. The van der Waals surface area contributed by atoms with Crippen molar-refractivity contribution in [3.8, 4) is 0 Å². The van der Waals surface area contributed by atoms with Crippen molar-refractivity contribution in [2.75, 3.05) is 17.7 Å². The lowest BCUT2D eigenvalue weighted by Gasteiger charge is -2.19. The lowest BCUT2D eigenvalue weighted by Crippen LogP contribution is -2.29. The molecular formula is C17H16F4N2O3S.